The van der Waals surface area contributed by atoms with Crippen LogP contribution in [0.5, 0.6) is 11.5 Å². The summed E-state index contributed by atoms with van der Waals surface area (Å²) in [5, 5.41) is 19.4. The molecule has 5 heteroatoms. The highest BCUT2D eigenvalue weighted by Gasteiger charge is 2.20. The normalized spacial score (nSPS) is 10.2. The fourth-order valence-electron chi connectivity index (χ4n) is 1.94. The van der Waals surface area contributed by atoms with E-state index >= 15 is 0 Å². The lowest BCUT2D eigenvalue weighted by molar-refractivity contribution is 0.0779. The topological polar surface area (TPSA) is 86.8 Å². The highest BCUT2D eigenvalue weighted by Crippen LogP contribution is 2.28. The van der Waals surface area contributed by atoms with Crippen molar-refractivity contribution in [3.63, 3.8) is 0 Å². The summed E-state index contributed by atoms with van der Waals surface area (Å²) in [5.74, 6) is -0.963. The van der Waals surface area contributed by atoms with E-state index in [0.717, 1.165) is 5.56 Å². The number of hydrogen-bond donors (Lipinski definition) is 3. The molecule has 1 amide bonds. The number of benzene rings is 2. The summed E-state index contributed by atoms with van der Waals surface area (Å²) < 4.78 is 0. The summed E-state index contributed by atoms with van der Waals surface area (Å²) in [6, 6.07) is 11.4. The number of para-hydroxylation sites is 1. The molecule has 0 aliphatic rings. The minimum atomic E-state index is -0.469. The Morgan fingerprint density at radius 3 is 2.30 bits per heavy atom. The first-order chi connectivity index (χ1) is 9.50. The van der Waals surface area contributed by atoms with Crippen LogP contribution in [-0.2, 0) is 6.54 Å². The molecular weight excluding hydrogens is 256 g/mol. The van der Waals surface area contributed by atoms with E-state index in [1.54, 1.807) is 13.1 Å². The van der Waals surface area contributed by atoms with Crippen molar-refractivity contribution in [2.24, 2.45) is 0 Å². The Morgan fingerprint density at radius 1 is 1.10 bits per heavy atom. The van der Waals surface area contributed by atoms with Crippen LogP contribution in [-0.4, -0.2) is 28.1 Å². The zero-order valence-corrected chi connectivity index (χ0v) is 11.1. The van der Waals surface area contributed by atoms with Gasteiger partial charge in [0.25, 0.3) is 5.91 Å². The molecule has 4 N–H and O–H groups in total. The fraction of sp³-hybridized carbons (Fsp3) is 0.133. The molecule has 2 aromatic carbocycles. The lowest BCUT2D eigenvalue weighted by Crippen LogP contribution is -2.26. The predicted molar refractivity (Wildman–Crippen MR) is 76.4 cm³/mol. The third-order valence-electron chi connectivity index (χ3n) is 3.04. The average Bonchev–Trinajstić information content (AvgIpc) is 2.41. The molecule has 2 rings (SSSR count). The summed E-state index contributed by atoms with van der Waals surface area (Å²) in [6.07, 6.45) is 0. The van der Waals surface area contributed by atoms with Crippen LogP contribution >= 0.6 is 0 Å². The van der Waals surface area contributed by atoms with Crippen LogP contribution < -0.4 is 5.73 Å². The summed E-state index contributed by atoms with van der Waals surface area (Å²) in [6.45, 7) is 0.291. The van der Waals surface area contributed by atoms with Crippen LogP contribution in [0.25, 0.3) is 0 Å². The van der Waals surface area contributed by atoms with Gasteiger partial charge in [0, 0.05) is 19.3 Å². The molecule has 0 spiro atoms. The fourth-order valence-corrected chi connectivity index (χ4v) is 1.94. The predicted octanol–water partition coefficient (Wildman–Crippen LogP) is 1.95. The molecule has 5 nitrogen and oxygen atoms in total. The molecule has 0 saturated carbocycles. The number of hydrogen-bond acceptors (Lipinski definition) is 4. The van der Waals surface area contributed by atoms with Crippen molar-refractivity contribution in [1.29, 1.82) is 0 Å². The van der Waals surface area contributed by atoms with Crippen molar-refractivity contribution in [1.82, 2.24) is 4.90 Å². The molecule has 0 saturated heterocycles. The Labute approximate surface area is 116 Å². The first kappa shape index (κ1) is 13.7. The van der Waals surface area contributed by atoms with E-state index in [1.165, 1.54) is 23.1 Å². The number of anilines is 1. The van der Waals surface area contributed by atoms with Crippen LogP contribution in [0.1, 0.15) is 15.9 Å². The zero-order chi connectivity index (χ0) is 14.7. The molecule has 0 radical (unpaired) electrons. The van der Waals surface area contributed by atoms with E-state index in [-0.39, 0.29) is 17.1 Å². The van der Waals surface area contributed by atoms with Crippen LogP contribution in [0, 0.1) is 0 Å². The number of nitrogens with two attached hydrogens (primary N) is 1. The van der Waals surface area contributed by atoms with Crippen molar-refractivity contribution in [3.8, 4) is 11.5 Å². The number of amides is 1. The highest BCUT2D eigenvalue weighted by molar-refractivity contribution is 5.99. The van der Waals surface area contributed by atoms with Crippen LogP contribution in [0.2, 0.25) is 0 Å². The van der Waals surface area contributed by atoms with E-state index in [9.17, 15) is 15.0 Å². The van der Waals surface area contributed by atoms with Crippen LogP contribution in [0.4, 0.5) is 5.69 Å². The first-order valence-corrected chi connectivity index (χ1v) is 6.10. The van der Waals surface area contributed by atoms with E-state index in [2.05, 4.69) is 0 Å². The molecular formula is C15H16N2O3. The third-order valence-corrected chi connectivity index (χ3v) is 3.04. The quantitative estimate of drug-likeness (QED) is 0.745. The number of rotatable bonds is 3. The second-order valence-electron chi connectivity index (χ2n) is 4.53. The third kappa shape index (κ3) is 2.66. The maximum Gasteiger partial charge on any atom is 0.261 e. The van der Waals surface area contributed by atoms with Crippen molar-refractivity contribution < 1.29 is 15.0 Å². The number of phenols is 2. The summed E-state index contributed by atoms with van der Waals surface area (Å²) in [5.41, 5.74) is 7.12. The first-order valence-electron chi connectivity index (χ1n) is 6.10. The van der Waals surface area contributed by atoms with Gasteiger partial charge in [0.1, 0.15) is 17.1 Å². The minimum absolute atomic E-state index is 0.107. The molecule has 0 unspecified atom stereocenters. The Morgan fingerprint density at radius 2 is 1.70 bits per heavy atom. The second kappa shape index (κ2) is 5.52. The minimum Gasteiger partial charge on any atom is -0.507 e. The van der Waals surface area contributed by atoms with E-state index in [4.69, 9.17) is 5.73 Å². The molecule has 0 aromatic heterocycles. The zero-order valence-electron chi connectivity index (χ0n) is 11.1. The van der Waals surface area contributed by atoms with Crippen molar-refractivity contribution >= 4 is 11.6 Å². The summed E-state index contributed by atoms with van der Waals surface area (Å²) in [7, 11) is 1.58. The number of carbonyl (C=O) groups is 1. The van der Waals surface area contributed by atoms with Crippen molar-refractivity contribution in [3.05, 3.63) is 53.6 Å². The van der Waals surface area contributed by atoms with Gasteiger partial charge in [-0.3, -0.25) is 4.79 Å². The average molecular weight is 272 g/mol. The molecule has 20 heavy (non-hydrogen) atoms. The molecule has 2 aromatic rings. The maximum atomic E-state index is 12.3. The second-order valence-corrected chi connectivity index (χ2v) is 4.53. The van der Waals surface area contributed by atoms with Gasteiger partial charge in [-0.1, -0.05) is 24.3 Å². The van der Waals surface area contributed by atoms with Crippen LogP contribution in [0.3, 0.4) is 0 Å². The number of aromatic hydroxyl groups is 2. The monoisotopic (exact) mass is 272 g/mol. The van der Waals surface area contributed by atoms with Gasteiger partial charge in [-0.2, -0.15) is 0 Å². The van der Waals surface area contributed by atoms with E-state index in [0.29, 0.717) is 12.2 Å². The summed E-state index contributed by atoms with van der Waals surface area (Å²) in [4.78, 5) is 13.7. The maximum absolute atomic E-state index is 12.3. The molecule has 0 fully saturated rings. The van der Waals surface area contributed by atoms with E-state index < -0.39 is 5.91 Å². The van der Waals surface area contributed by atoms with E-state index in [1.807, 2.05) is 18.2 Å². The van der Waals surface area contributed by atoms with Gasteiger partial charge in [0.05, 0.1) is 0 Å². The number of carbonyl (C=O) groups excluding carboxylic acids is 1. The summed E-state index contributed by atoms with van der Waals surface area (Å²) >= 11 is 0. The molecule has 0 aliphatic carbocycles. The van der Waals surface area contributed by atoms with Gasteiger partial charge >= 0.3 is 0 Å². The highest BCUT2D eigenvalue weighted by atomic mass is 16.3. The molecule has 0 aliphatic heterocycles. The van der Waals surface area contributed by atoms with Gasteiger partial charge in [0.15, 0.2) is 0 Å². The molecule has 0 heterocycles. The number of nitrogens with zero attached hydrogens (tertiary/aromatic N) is 1. The smallest absolute Gasteiger partial charge is 0.261 e. The lowest BCUT2D eigenvalue weighted by atomic mass is 10.1. The SMILES string of the molecule is CN(Cc1ccccc1N)C(=O)c1c(O)cccc1O. The van der Waals surface area contributed by atoms with Gasteiger partial charge in [0.2, 0.25) is 0 Å². The van der Waals surface area contributed by atoms with Gasteiger partial charge in [-0.15, -0.1) is 0 Å². The van der Waals surface area contributed by atoms with Crippen molar-refractivity contribution in [2.45, 2.75) is 6.54 Å². The molecule has 104 valence electrons. The largest absolute Gasteiger partial charge is 0.507 e. The van der Waals surface area contributed by atoms with Gasteiger partial charge in [-0.05, 0) is 23.8 Å². The number of phenolic OH excluding ortho intramolecular Hbond substituents is 2. The van der Waals surface area contributed by atoms with Gasteiger partial charge in [-0.25, -0.2) is 0 Å². The Balaban J connectivity index is 2.24. The standard InChI is InChI=1S/C15H16N2O3/c1-17(9-10-5-2-3-6-11(10)16)15(20)14-12(18)7-4-8-13(14)19/h2-8,18-19H,9,16H2,1H3. The Hall–Kier alpha value is -2.69. The number of nitrogen functional groups attached to an aromatic ring is 1. The molecule has 0 bridgehead atoms. The molecule has 0 atom stereocenters. The Kier molecular flexibility index (Phi) is 3.79. The van der Waals surface area contributed by atoms with Gasteiger partial charge < -0.3 is 20.8 Å². The van der Waals surface area contributed by atoms with Crippen molar-refractivity contribution in [2.75, 3.05) is 12.8 Å². The Bertz CT molecular complexity index is 621. The van der Waals surface area contributed by atoms with Crippen LogP contribution in [0.15, 0.2) is 42.5 Å². The lowest BCUT2D eigenvalue weighted by Gasteiger charge is -2.19.